The predicted molar refractivity (Wildman–Crippen MR) is 66.7 cm³/mol. The molecule has 0 aromatic heterocycles. The Morgan fingerprint density at radius 2 is 1.94 bits per heavy atom. The van der Waals surface area contributed by atoms with Gasteiger partial charge in [0, 0.05) is 38.1 Å². The monoisotopic (exact) mass is 267 g/mol. The first-order chi connectivity index (χ1) is 8.33. The van der Waals surface area contributed by atoms with Crippen molar-refractivity contribution >= 4 is 0 Å². The lowest BCUT2D eigenvalue weighted by Crippen LogP contribution is -2.58. The van der Waals surface area contributed by atoms with Gasteiger partial charge in [0.1, 0.15) is 0 Å². The lowest BCUT2D eigenvalue weighted by Gasteiger charge is -2.42. The second kappa shape index (κ2) is 6.73. The molecule has 1 N–H and O–H groups in total. The van der Waals surface area contributed by atoms with Gasteiger partial charge in [-0.15, -0.1) is 0 Å². The van der Waals surface area contributed by atoms with Crippen molar-refractivity contribution in [2.45, 2.75) is 38.0 Å². The lowest BCUT2D eigenvalue weighted by molar-refractivity contribution is -0.137. The van der Waals surface area contributed by atoms with Crippen molar-refractivity contribution in [2.75, 3.05) is 40.3 Å². The molecule has 1 saturated heterocycles. The maximum absolute atomic E-state index is 12.3. The molecule has 3 nitrogen and oxygen atoms in total. The Bertz CT molecular complexity index is 245. The van der Waals surface area contributed by atoms with Gasteiger partial charge in [0.25, 0.3) is 0 Å². The molecular formula is C12H24F3N3. The molecule has 0 saturated carbocycles. The molecule has 18 heavy (non-hydrogen) atoms. The van der Waals surface area contributed by atoms with Gasteiger partial charge in [-0.05, 0) is 27.1 Å². The molecule has 0 aromatic rings. The third-order valence-electron chi connectivity index (χ3n) is 3.57. The summed E-state index contributed by atoms with van der Waals surface area (Å²) in [7, 11) is 4.02. The second-order valence-corrected chi connectivity index (χ2v) is 5.13. The number of halogens is 3. The minimum atomic E-state index is -4.06. The van der Waals surface area contributed by atoms with Crippen LogP contribution < -0.4 is 5.32 Å². The number of hydrogen-bond donors (Lipinski definition) is 1. The minimum Gasteiger partial charge on any atom is -0.313 e. The maximum atomic E-state index is 12.3. The molecule has 1 heterocycles. The number of nitrogens with zero attached hydrogens (tertiary/aromatic N) is 2. The normalized spacial score (nSPS) is 25.3. The van der Waals surface area contributed by atoms with E-state index >= 15 is 0 Å². The van der Waals surface area contributed by atoms with Crippen molar-refractivity contribution in [3.05, 3.63) is 0 Å². The maximum Gasteiger partial charge on any atom is 0.389 e. The third-order valence-corrected chi connectivity index (χ3v) is 3.57. The smallest absolute Gasteiger partial charge is 0.313 e. The summed E-state index contributed by atoms with van der Waals surface area (Å²) in [5, 5.41) is 3.21. The molecule has 1 rings (SSSR count). The molecule has 0 amide bonds. The summed E-state index contributed by atoms with van der Waals surface area (Å²) in [6, 6.07) is 0.0652. The van der Waals surface area contributed by atoms with Crippen molar-refractivity contribution in [2.24, 2.45) is 0 Å². The van der Waals surface area contributed by atoms with Crippen LogP contribution >= 0.6 is 0 Å². The van der Waals surface area contributed by atoms with Crippen molar-refractivity contribution in [1.82, 2.24) is 15.1 Å². The van der Waals surface area contributed by atoms with Crippen LogP contribution in [-0.4, -0.2) is 68.3 Å². The van der Waals surface area contributed by atoms with Crippen LogP contribution in [0, 0.1) is 0 Å². The molecule has 0 bridgehead atoms. The van der Waals surface area contributed by atoms with E-state index in [0.29, 0.717) is 6.54 Å². The molecule has 2 atom stereocenters. The molecule has 6 heteroatoms. The molecule has 0 spiro atoms. The molecule has 0 aliphatic carbocycles. The van der Waals surface area contributed by atoms with E-state index in [4.69, 9.17) is 0 Å². The summed E-state index contributed by atoms with van der Waals surface area (Å²) in [5.41, 5.74) is 0. The molecule has 1 fully saturated rings. The zero-order valence-corrected chi connectivity index (χ0v) is 11.4. The molecule has 0 aromatic carbocycles. The minimum absolute atomic E-state index is 0.0932. The van der Waals surface area contributed by atoms with E-state index in [2.05, 4.69) is 15.1 Å². The van der Waals surface area contributed by atoms with Crippen LogP contribution in [-0.2, 0) is 0 Å². The first-order valence-electron chi connectivity index (χ1n) is 6.52. The van der Waals surface area contributed by atoms with Crippen LogP contribution in [0.5, 0.6) is 0 Å². The number of alkyl halides is 3. The summed E-state index contributed by atoms with van der Waals surface area (Å²) >= 11 is 0. The van der Waals surface area contributed by atoms with Crippen molar-refractivity contribution in [1.29, 1.82) is 0 Å². The van der Waals surface area contributed by atoms with Gasteiger partial charge in [-0.1, -0.05) is 6.92 Å². The van der Waals surface area contributed by atoms with E-state index in [1.54, 1.807) is 0 Å². The standard InChI is InChI=1S/C12H24F3N3/c1-4-16-10(5-6-12(13,14)15)11-9-17(2)7-8-18(11)3/h10-11,16H,4-9H2,1-3H3. The summed E-state index contributed by atoms with van der Waals surface area (Å²) in [6.45, 7) is 5.36. The first-order valence-corrected chi connectivity index (χ1v) is 6.52. The van der Waals surface area contributed by atoms with Gasteiger partial charge in [-0.3, -0.25) is 4.90 Å². The zero-order valence-electron chi connectivity index (χ0n) is 11.4. The molecule has 2 unspecified atom stereocenters. The number of hydrogen-bond acceptors (Lipinski definition) is 3. The fourth-order valence-corrected chi connectivity index (χ4v) is 2.49. The Kier molecular flexibility index (Phi) is 5.88. The van der Waals surface area contributed by atoms with Gasteiger partial charge in [0.05, 0.1) is 0 Å². The largest absolute Gasteiger partial charge is 0.389 e. The summed E-state index contributed by atoms with van der Waals surface area (Å²) in [5.74, 6) is 0. The number of nitrogens with one attached hydrogen (secondary N) is 1. The molecular weight excluding hydrogens is 243 g/mol. The van der Waals surface area contributed by atoms with E-state index in [1.165, 1.54) is 0 Å². The summed E-state index contributed by atoms with van der Waals surface area (Å²) in [6.07, 6.45) is -4.62. The molecule has 1 aliphatic rings. The Morgan fingerprint density at radius 1 is 1.28 bits per heavy atom. The second-order valence-electron chi connectivity index (χ2n) is 5.13. The topological polar surface area (TPSA) is 18.5 Å². The van der Waals surface area contributed by atoms with E-state index in [1.807, 2.05) is 21.0 Å². The first kappa shape index (κ1) is 15.7. The summed E-state index contributed by atoms with van der Waals surface area (Å²) in [4.78, 5) is 4.35. The van der Waals surface area contributed by atoms with Crippen molar-refractivity contribution < 1.29 is 13.2 Å². The van der Waals surface area contributed by atoms with Crippen LogP contribution in [0.15, 0.2) is 0 Å². The number of likely N-dealkylation sites (N-methyl/N-ethyl adjacent to an activating group) is 3. The fourth-order valence-electron chi connectivity index (χ4n) is 2.49. The zero-order chi connectivity index (χ0) is 13.8. The number of piperazine rings is 1. The SMILES string of the molecule is CCNC(CCC(F)(F)F)C1CN(C)CCN1C. The Hall–Kier alpha value is -0.330. The highest BCUT2D eigenvalue weighted by molar-refractivity contribution is 4.89. The van der Waals surface area contributed by atoms with E-state index in [0.717, 1.165) is 19.6 Å². The molecule has 0 radical (unpaired) electrons. The van der Waals surface area contributed by atoms with E-state index in [-0.39, 0.29) is 18.5 Å². The van der Waals surface area contributed by atoms with Gasteiger partial charge >= 0.3 is 6.18 Å². The van der Waals surface area contributed by atoms with Crippen LogP contribution in [0.2, 0.25) is 0 Å². The molecule has 108 valence electrons. The van der Waals surface area contributed by atoms with Gasteiger partial charge in [0.2, 0.25) is 0 Å². The predicted octanol–water partition coefficient (Wildman–Crippen LogP) is 1.55. The summed E-state index contributed by atoms with van der Waals surface area (Å²) < 4.78 is 37.0. The highest BCUT2D eigenvalue weighted by atomic mass is 19.4. The Morgan fingerprint density at radius 3 is 2.50 bits per heavy atom. The van der Waals surface area contributed by atoms with Crippen LogP contribution in [0.4, 0.5) is 13.2 Å². The molecule has 1 aliphatic heterocycles. The average Bonchev–Trinajstić information content (AvgIpc) is 2.26. The van der Waals surface area contributed by atoms with Gasteiger partial charge in [-0.25, -0.2) is 0 Å². The average molecular weight is 267 g/mol. The lowest BCUT2D eigenvalue weighted by atomic mass is 9.99. The van der Waals surface area contributed by atoms with Gasteiger partial charge in [0.15, 0.2) is 0 Å². The quantitative estimate of drug-likeness (QED) is 0.815. The van der Waals surface area contributed by atoms with Crippen molar-refractivity contribution in [3.63, 3.8) is 0 Å². The van der Waals surface area contributed by atoms with E-state index < -0.39 is 12.6 Å². The van der Waals surface area contributed by atoms with Gasteiger partial charge < -0.3 is 10.2 Å². The highest BCUT2D eigenvalue weighted by Crippen LogP contribution is 2.24. The van der Waals surface area contributed by atoms with Crippen LogP contribution in [0.1, 0.15) is 19.8 Å². The third kappa shape index (κ3) is 5.12. The Balaban J connectivity index is 2.58. The van der Waals surface area contributed by atoms with Crippen molar-refractivity contribution in [3.8, 4) is 0 Å². The number of rotatable bonds is 5. The van der Waals surface area contributed by atoms with Crippen LogP contribution in [0.3, 0.4) is 0 Å². The Labute approximate surface area is 107 Å². The fraction of sp³-hybridized carbons (Fsp3) is 1.00. The van der Waals surface area contributed by atoms with E-state index in [9.17, 15) is 13.2 Å². The highest BCUT2D eigenvalue weighted by Gasteiger charge is 2.33. The van der Waals surface area contributed by atoms with Gasteiger partial charge in [-0.2, -0.15) is 13.2 Å². The van der Waals surface area contributed by atoms with Crippen LogP contribution in [0.25, 0.3) is 0 Å².